The minimum Gasteiger partial charge on any atom is -0.409 e. The van der Waals surface area contributed by atoms with Crippen LogP contribution in [0.4, 0.5) is 0 Å². The van der Waals surface area contributed by atoms with E-state index < -0.39 is 0 Å². The predicted octanol–water partition coefficient (Wildman–Crippen LogP) is 5.09. The molecule has 174 valence electrons. The van der Waals surface area contributed by atoms with Gasteiger partial charge in [0.2, 0.25) is 0 Å². The number of fused-ring (bicyclic) bond motifs is 1. The van der Waals surface area contributed by atoms with Gasteiger partial charge >= 0.3 is 0 Å². The monoisotopic (exact) mass is 482 g/mol. The molecule has 0 aliphatic carbocycles. The number of thioether (sulfide) groups is 1. The van der Waals surface area contributed by atoms with Crippen LogP contribution in [0.3, 0.4) is 0 Å². The Kier molecular flexibility index (Phi) is 6.29. The normalized spacial score (nSPS) is 11.1. The van der Waals surface area contributed by atoms with Gasteiger partial charge in [-0.25, -0.2) is 4.68 Å². The van der Waals surface area contributed by atoms with Crippen molar-refractivity contribution in [1.29, 1.82) is 0 Å². The molecule has 2 aromatic heterocycles. The number of carbonyl (C=O) groups excluding carboxylic acids is 1. The van der Waals surface area contributed by atoms with Gasteiger partial charge in [0.1, 0.15) is 0 Å². The Morgan fingerprint density at radius 2 is 1.69 bits per heavy atom. The molecule has 0 bridgehead atoms. The van der Waals surface area contributed by atoms with Gasteiger partial charge in [0.05, 0.1) is 17.7 Å². The van der Waals surface area contributed by atoms with Crippen LogP contribution in [0, 0.1) is 13.8 Å². The summed E-state index contributed by atoms with van der Waals surface area (Å²) in [7, 11) is 0. The summed E-state index contributed by atoms with van der Waals surface area (Å²) in [6.07, 6.45) is 0. The minimum atomic E-state index is -0.193. The number of hydrogen-bond acceptors (Lipinski definition) is 7. The van der Waals surface area contributed by atoms with Crippen LogP contribution in [0.2, 0.25) is 0 Å². The van der Waals surface area contributed by atoms with E-state index in [2.05, 4.69) is 15.3 Å². The van der Waals surface area contributed by atoms with Crippen LogP contribution in [-0.4, -0.2) is 31.5 Å². The molecule has 3 aromatic carbocycles. The summed E-state index contributed by atoms with van der Waals surface area (Å²) in [6.45, 7) is 4.20. The van der Waals surface area contributed by atoms with E-state index in [1.165, 1.54) is 16.4 Å². The first kappa shape index (κ1) is 22.7. The quantitative estimate of drug-likeness (QED) is 0.236. The van der Waals surface area contributed by atoms with Crippen LogP contribution in [0.1, 0.15) is 27.0 Å². The molecule has 5 aromatic rings. The topological polar surface area (TPSA) is 90.9 Å². The van der Waals surface area contributed by atoms with E-state index in [4.69, 9.17) is 4.42 Å². The molecule has 0 fully saturated rings. The summed E-state index contributed by atoms with van der Waals surface area (Å²) in [5.74, 6) is 0.369. The molecule has 0 saturated carbocycles. The fourth-order valence-electron chi connectivity index (χ4n) is 3.86. The molecule has 0 atom stereocenters. The number of rotatable bonds is 7. The molecular weight excluding hydrogens is 460 g/mol. The first-order valence-electron chi connectivity index (χ1n) is 11.1. The maximum atomic E-state index is 13.1. The largest absolute Gasteiger partial charge is 0.409 e. The molecule has 2 heterocycles. The molecule has 0 aliphatic rings. The fourth-order valence-corrected chi connectivity index (χ4v) is 4.51. The lowest BCUT2D eigenvalue weighted by Gasteiger charge is -2.09. The van der Waals surface area contributed by atoms with Crippen molar-refractivity contribution >= 4 is 28.3 Å². The summed E-state index contributed by atoms with van der Waals surface area (Å²) in [5.41, 5.74) is 3.85. The zero-order valence-corrected chi connectivity index (χ0v) is 20.1. The second-order valence-electron chi connectivity index (χ2n) is 8.25. The van der Waals surface area contributed by atoms with Crippen molar-refractivity contribution in [3.63, 3.8) is 0 Å². The average molecular weight is 483 g/mol. The Morgan fingerprint density at radius 1 is 0.943 bits per heavy atom. The Hall–Kier alpha value is -4.04. The van der Waals surface area contributed by atoms with Crippen molar-refractivity contribution in [3.05, 3.63) is 105 Å². The smallest absolute Gasteiger partial charge is 0.277 e. The first-order valence-corrected chi connectivity index (χ1v) is 12.1. The van der Waals surface area contributed by atoms with E-state index in [-0.39, 0.29) is 28.2 Å². The van der Waals surface area contributed by atoms with Crippen molar-refractivity contribution in [2.24, 2.45) is 0 Å². The zero-order valence-electron chi connectivity index (χ0n) is 19.3. The Morgan fingerprint density at radius 3 is 2.49 bits per heavy atom. The SMILES string of the molecule is Cc1ccc(C)c(C(=O)CSc2nnc(-c3nn(Cc4ccccc4)c(=O)c4ccccc34)o2)c1. The van der Waals surface area contributed by atoms with Crippen LogP contribution in [-0.2, 0) is 6.54 Å². The number of carbonyl (C=O) groups is 1. The molecule has 35 heavy (non-hydrogen) atoms. The molecule has 5 rings (SSSR count). The third-order valence-electron chi connectivity index (χ3n) is 5.67. The zero-order chi connectivity index (χ0) is 24.4. The maximum Gasteiger partial charge on any atom is 0.277 e. The number of benzene rings is 3. The molecule has 0 N–H and O–H groups in total. The van der Waals surface area contributed by atoms with Gasteiger partial charge in [0, 0.05) is 10.9 Å². The van der Waals surface area contributed by atoms with E-state index in [0.29, 0.717) is 28.6 Å². The summed E-state index contributed by atoms with van der Waals surface area (Å²) in [5, 5.41) is 14.3. The van der Waals surface area contributed by atoms with Crippen molar-refractivity contribution in [2.45, 2.75) is 25.6 Å². The second-order valence-corrected chi connectivity index (χ2v) is 9.17. The van der Waals surface area contributed by atoms with Gasteiger partial charge in [-0.2, -0.15) is 5.10 Å². The van der Waals surface area contributed by atoms with Crippen molar-refractivity contribution in [1.82, 2.24) is 20.0 Å². The third-order valence-corrected chi connectivity index (χ3v) is 6.49. The van der Waals surface area contributed by atoms with Crippen LogP contribution >= 0.6 is 11.8 Å². The number of Topliss-reactive ketones (excluding diaryl/α,β-unsaturated/α-hetero) is 1. The highest BCUT2D eigenvalue weighted by Crippen LogP contribution is 2.27. The van der Waals surface area contributed by atoms with Crippen LogP contribution < -0.4 is 5.56 Å². The Labute approximate surface area is 205 Å². The highest BCUT2D eigenvalue weighted by molar-refractivity contribution is 7.99. The van der Waals surface area contributed by atoms with E-state index >= 15 is 0 Å². The molecule has 7 nitrogen and oxygen atoms in total. The summed E-state index contributed by atoms with van der Waals surface area (Å²) in [6, 6.07) is 22.7. The van der Waals surface area contributed by atoms with Gasteiger partial charge < -0.3 is 4.42 Å². The number of ketones is 1. The van der Waals surface area contributed by atoms with E-state index in [1.807, 2.05) is 80.6 Å². The van der Waals surface area contributed by atoms with E-state index in [1.54, 1.807) is 6.07 Å². The molecule has 0 unspecified atom stereocenters. The molecule has 0 radical (unpaired) electrons. The van der Waals surface area contributed by atoms with Gasteiger partial charge in [-0.05, 0) is 37.1 Å². The van der Waals surface area contributed by atoms with Gasteiger partial charge in [0.15, 0.2) is 11.5 Å². The molecular formula is C27H22N4O3S. The van der Waals surface area contributed by atoms with Gasteiger partial charge in [0.25, 0.3) is 16.7 Å². The summed E-state index contributed by atoms with van der Waals surface area (Å²) < 4.78 is 7.28. The van der Waals surface area contributed by atoms with Crippen LogP contribution in [0.25, 0.3) is 22.4 Å². The molecule has 0 spiro atoms. The molecule has 0 aliphatic heterocycles. The highest BCUT2D eigenvalue weighted by Gasteiger charge is 2.19. The van der Waals surface area contributed by atoms with Crippen LogP contribution in [0.15, 0.2) is 87.2 Å². The third kappa shape index (κ3) is 4.79. The predicted molar refractivity (Wildman–Crippen MR) is 136 cm³/mol. The molecule has 0 saturated heterocycles. The fraction of sp³-hybridized carbons (Fsp3) is 0.148. The number of hydrogen-bond donors (Lipinski definition) is 0. The van der Waals surface area contributed by atoms with Crippen LogP contribution in [0.5, 0.6) is 0 Å². The van der Waals surface area contributed by atoms with Gasteiger partial charge in [-0.3, -0.25) is 9.59 Å². The molecule has 0 amide bonds. The van der Waals surface area contributed by atoms with Crippen molar-refractivity contribution in [3.8, 4) is 11.6 Å². The Balaban J connectivity index is 1.44. The number of nitrogens with zero attached hydrogens (tertiary/aromatic N) is 4. The van der Waals surface area contributed by atoms with Crippen molar-refractivity contribution < 1.29 is 9.21 Å². The maximum absolute atomic E-state index is 13.1. The first-order chi connectivity index (χ1) is 17.0. The second kappa shape index (κ2) is 9.68. The van der Waals surface area contributed by atoms with E-state index in [9.17, 15) is 9.59 Å². The van der Waals surface area contributed by atoms with Gasteiger partial charge in [-0.15, -0.1) is 10.2 Å². The lowest BCUT2D eigenvalue weighted by atomic mass is 10.0. The summed E-state index contributed by atoms with van der Waals surface area (Å²) in [4.78, 5) is 25.8. The number of aryl methyl sites for hydroxylation is 2. The Bertz CT molecular complexity index is 1590. The highest BCUT2D eigenvalue weighted by atomic mass is 32.2. The lowest BCUT2D eigenvalue weighted by molar-refractivity contribution is 0.102. The summed E-state index contributed by atoms with van der Waals surface area (Å²) >= 11 is 1.18. The van der Waals surface area contributed by atoms with Crippen molar-refractivity contribution in [2.75, 3.05) is 5.75 Å². The standard InChI is InChI=1S/C27H22N4O3S/c1-17-12-13-18(2)22(14-17)23(32)16-35-27-29-28-25(34-27)24-20-10-6-7-11-21(20)26(33)31(30-24)15-19-8-4-3-5-9-19/h3-14H,15-16H2,1-2H3. The number of aromatic nitrogens is 4. The molecule has 8 heteroatoms. The van der Waals surface area contributed by atoms with Gasteiger partial charge in [-0.1, -0.05) is 78.0 Å². The minimum absolute atomic E-state index is 0.00376. The average Bonchev–Trinajstić information content (AvgIpc) is 3.35. The van der Waals surface area contributed by atoms with E-state index in [0.717, 1.165) is 16.7 Å². The lowest BCUT2D eigenvalue weighted by Crippen LogP contribution is -2.24.